The van der Waals surface area contributed by atoms with E-state index in [1.807, 2.05) is 30.3 Å². The van der Waals surface area contributed by atoms with Gasteiger partial charge in [-0.25, -0.2) is 9.78 Å². The van der Waals surface area contributed by atoms with Gasteiger partial charge in [0, 0.05) is 11.9 Å². The number of thiazole rings is 1. The van der Waals surface area contributed by atoms with Gasteiger partial charge in [-0.2, -0.15) is 0 Å². The van der Waals surface area contributed by atoms with Crippen molar-refractivity contribution in [1.82, 2.24) is 14.5 Å². The van der Waals surface area contributed by atoms with E-state index in [9.17, 15) is 19.2 Å². The molecule has 12 heteroatoms. The second kappa shape index (κ2) is 11.7. The molecule has 0 fully saturated rings. The Kier molecular flexibility index (Phi) is 8.66. The van der Waals surface area contributed by atoms with E-state index in [-0.39, 0.29) is 48.6 Å². The number of hydrogen-bond donors (Lipinski definition) is 2. The standard InChI is InChI=1S/C22H25N5O5S2/c1-3-26(16(28)13-34-22-24-15(12-33-22)10-17(29)32-4-2)18-19(23)27(21(31)25-20(18)30)11-14-8-6-5-7-9-14/h5-9,12H,3-4,10-11,13,23H2,1-2H3,(H,25,30,31). The molecular weight excluding hydrogens is 478 g/mol. The number of ether oxygens (including phenoxy) is 1. The summed E-state index contributed by atoms with van der Waals surface area (Å²) in [5, 5.41) is 1.74. The molecule has 1 aromatic carbocycles. The van der Waals surface area contributed by atoms with Crippen molar-refractivity contribution in [1.29, 1.82) is 0 Å². The van der Waals surface area contributed by atoms with E-state index in [4.69, 9.17) is 10.5 Å². The Hall–Kier alpha value is -3.38. The summed E-state index contributed by atoms with van der Waals surface area (Å²) in [6.07, 6.45) is 0.0643. The van der Waals surface area contributed by atoms with Gasteiger partial charge >= 0.3 is 11.7 Å². The van der Waals surface area contributed by atoms with Crippen LogP contribution in [0.1, 0.15) is 25.1 Å². The molecule has 2 aromatic heterocycles. The van der Waals surface area contributed by atoms with Crippen LogP contribution in [0.2, 0.25) is 0 Å². The number of thioether (sulfide) groups is 1. The van der Waals surface area contributed by atoms with Crippen molar-refractivity contribution in [2.24, 2.45) is 0 Å². The molecule has 3 N–H and O–H groups in total. The number of H-pyrrole nitrogens is 1. The van der Waals surface area contributed by atoms with Crippen LogP contribution in [0.3, 0.4) is 0 Å². The second-order valence-corrected chi connectivity index (χ2v) is 9.16. The minimum Gasteiger partial charge on any atom is -0.466 e. The highest BCUT2D eigenvalue weighted by Gasteiger charge is 2.23. The molecule has 0 spiro atoms. The van der Waals surface area contributed by atoms with Gasteiger partial charge in [-0.15, -0.1) is 11.3 Å². The average Bonchev–Trinajstić information content (AvgIpc) is 3.25. The quantitative estimate of drug-likeness (QED) is 0.316. The number of benzene rings is 1. The van der Waals surface area contributed by atoms with Crippen LogP contribution in [0.15, 0.2) is 49.6 Å². The number of aromatic amines is 1. The molecule has 0 bridgehead atoms. The summed E-state index contributed by atoms with van der Waals surface area (Å²) < 4.78 is 6.76. The van der Waals surface area contributed by atoms with Gasteiger partial charge in [0.2, 0.25) is 5.91 Å². The lowest BCUT2D eigenvalue weighted by atomic mass is 10.2. The number of hydrogen-bond acceptors (Lipinski definition) is 9. The fourth-order valence-corrected chi connectivity index (χ4v) is 4.94. The Morgan fingerprint density at radius 1 is 1.24 bits per heavy atom. The predicted molar refractivity (Wildman–Crippen MR) is 132 cm³/mol. The van der Waals surface area contributed by atoms with E-state index in [1.165, 1.54) is 32.6 Å². The van der Waals surface area contributed by atoms with Crippen molar-refractivity contribution in [3.05, 3.63) is 67.8 Å². The second-order valence-electron chi connectivity index (χ2n) is 7.08. The van der Waals surface area contributed by atoms with Crippen LogP contribution in [0, 0.1) is 0 Å². The summed E-state index contributed by atoms with van der Waals surface area (Å²) >= 11 is 2.51. The smallest absolute Gasteiger partial charge is 0.330 e. The van der Waals surface area contributed by atoms with Crippen LogP contribution in [0.5, 0.6) is 0 Å². The van der Waals surface area contributed by atoms with Gasteiger partial charge in [0.1, 0.15) is 5.82 Å². The molecule has 0 aliphatic heterocycles. The van der Waals surface area contributed by atoms with E-state index >= 15 is 0 Å². The number of nitrogens with one attached hydrogen (secondary N) is 1. The minimum atomic E-state index is -0.724. The Labute approximate surface area is 203 Å². The molecule has 0 aliphatic rings. The van der Waals surface area contributed by atoms with Gasteiger partial charge in [-0.3, -0.25) is 23.9 Å². The molecular formula is C22H25N5O5S2. The van der Waals surface area contributed by atoms with Gasteiger partial charge in [-0.05, 0) is 19.4 Å². The number of rotatable bonds is 10. The van der Waals surface area contributed by atoms with Crippen LogP contribution in [-0.2, 0) is 27.3 Å². The van der Waals surface area contributed by atoms with Gasteiger partial charge in [-0.1, -0.05) is 42.1 Å². The molecule has 34 heavy (non-hydrogen) atoms. The van der Waals surface area contributed by atoms with E-state index < -0.39 is 11.2 Å². The van der Waals surface area contributed by atoms with Crippen molar-refractivity contribution in [2.75, 3.05) is 29.5 Å². The largest absolute Gasteiger partial charge is 0.466 e. The first-order valence-corrected chi connectivity index (χ1v) is 12.4. The SMILES string of the molecule is CCOC(=O)Cc1csc(SCC(=O)N(CC)c2c(N)n(Cc3ccccc3)c(=O)[nH]c2=O)n1. The molecule has 10 nitrogen and oxygen atoms in total. The Morgan fingerprint density at radius 3 is 2.65 bits per heavy atom. The van der Waals surface area contributed by atoms with Crippen molar-refractivity contribution in [3.8, 4) is 0 Å². The zero-order valence-corrected chi connectivity index (χ0v) is 20.4. The van der Waals surface area contributed by atoms with Crippen molar-refractivity contribution in [3.63, 3.8) is 0 Å². The zero-order chi connectivity index (χ0) is 24.7. The number of carbonyl (C=O) groups is 2. The number of nitrogen functional groups attached to an aromatic ring is 1. The van der Waals surface area contributed by atoms with E-state index in [2.05, 4.69) is 9.97 Å². The van der Waals surface area contributed by atoms with Gasteiger partial charge < -0.3 is 15.4 Å². The van der Waals surface area contributed by atoms with Crippen molar-refractivity contribution in [2.45, 2.75) is 31.2 Å². The summed E-state index contributed by atoms with van der Waals surface area (Å²) in [4.78, 5) is 57.5. The van der Waals surface area contributed by atoms with Crippen LogP contribution < -0.4 is 21.9 Å². The highest BCUT2D eigenvalue weighted by Crippen LogP contribution is 2.25. The number of carbonyl (C=O) groups excluding carboxylic acids is 2. The van der Waals surface area contributed by atoms with Gasteiger partial charge in [0.15, 0.2) is 10.0 Å². The number of nitrogens with two attached hydrogens (primary N) is 1. The number of nitrogens with zero attached hydrogens (tertiary/aromatic N) is 3. The molecule has 180 valence electrons. The first-order valence-electron chi connectivity index (χ1n) is 10.5. The third kappa shape index (κ3) is 6.14. The number of esters is 1. The maximum atomic E-state index is 13.0. The summed E-state index contributed by atoms with van der Waals surface area (Å²) in [5.41, 5.74) is 6.17. The molecule has 1 amide bonds. The molecule has 0 aliphatic carbocycles. The molecule has 0 unspecified atom stereocenters. The molecule has 2 heterocycles. The maximum absolute atomic E-state index is 13.0. The lowest BCUT2D eigenvalue weighted by molar-refractivity contribution is -0.142. The predicted octanol–water partition coefficient (Wildman–Crippen LogP) is 1.87. The lowest BCUT2D eigenvalue weighted by Gasteiger charge is -2.23. The Bertz CT molecular complexity index is 1270. The highest BCUT2D eigenvalue weighted by molar-refractivity contribution is 8.01. The van der Waals surface area contributed by atoms with Crippen LogP contribution in [-0.4, -0.2) is 45.3 Å². The third-order valence-corrected chi connectivity index (χ3v) is 6.82. The van der Waals surface area contributed by atoms with Crippen LogP contribution >= 0.6 is 23.1 Å². The summed E-state index contributed by atoms with van der Waals surface area (Å²) in [6, 6.07) is 9.18. The summed E-state index contributed by atoms with van der Waals surface area (Å²) in [5.74, 6) is -0.810. The topological polar surface area (TPSA) is 140 Å². The fourth-order valence-electron chi connectivity index (χ4n) is 3.22. The third-order valence-electron chi connectivity index (χ3n) is 4.77. The molecule has 3 rings (SSSR count). The molecule has 0 saturated carbocycles. The van der Waals surface area contributed by atoms with E-state index in [1.54, 1.807) is 19.2 Å². The molecule has 3 aromatic rings. The Morgan fingerprint density at radius 2 is 1.97 bits per heavy atom. The maximum Gasteiger partial charge on any atom is 0.330 e. The summed E-state index contributed by atoms with van der Waals surface area (Å²) in [7, 11) is 0. The molecule has 0 atom stereocenters. The number of amides is 1. The van der Waals surface area contributed by atoms with Crippen molar-refractivity contribution < 1.29 is 14.3 Å². The minimum absolute atomic E-state index is 0.00308. The van der Waals surface area contributed by atoms with Crippen LogP contribution in [0.25, 0.3) is 0 Å². The molecule has 0 saturated heterocycles. The van der Waals surface area contributed by atoms with Gasteiger partial charge in [0.05, 0.1) is 31.0 Å². The first-order chi connectivity index (χ1) is 16.3. The zero-order valence-electron chi connectivity index (χ0n) is 18.8. The first kappa shape index (κ1) is 25.2. The van der Waals surface area contributed by atoms with Crippen LogP contribution in [0.4, 0.5) is 11.5 Å². The summed E-state index contributed by atoms with van der Waals surface area (Å²) in [6.45, 7) is 4.08. The number of aromatic nitrogens is 3. The highest BCUT2D eigenvalue weighted by atomic mass is 32.2. The lowest BCUT2D eigenvalue weighted by Crippen LogP contribution is -2.41. The fraction of sp³-hybridized carbons (Fsp3) is 0.318. The molecule has 0 radical (unpaired) electrons. The number of anilines is 2. The van der Waals surface area contributed by atoms with E-state index in [0.29, 0.717) is 16.6 Å². The van der Waals surface area contributed by atoms with Gasteiger partial charge in [0.25, 0.3) is 5.56 Å². The van der Waals surface area contributed by atoms with Crippen molar-refractivity contribution >= 4 is 46.5 Å². The Balaban J connectivity index is 1.77. The monoisotopic (exact) mass is 503 g/mol. The normalized spacial score (nSPS) is 10.8. The average molecular weight is 504 g/mol. The van der Waals surface area contributed by atoms with E-state index in [0.717, 1.165) is 5.56 Å².